The number of aromatic nitrogens is 2. The van der Waals surface area contributed by atoms with Crippen LogP contribution >= 0.6 is 0 Å². The highest BCUT2D eigenvalue weighted by Gasteiger charge is 2.16. The number of aryl methyl sites for hydroxylation is 1. The van der Waals surface area contributed by atoms with Gasteiger partial charge in [-0.15, -0.1) is 0 Å². The van der Waals surface area contributed by atoms with E-state index in [1.807, 2.05) is 0 Å². The molecule has 142 valence electrons. The zero-order chi connectivity index (χ0) is 20.3. The van der Waals surface area contributed by atoms with Gasteiger partial charge >= 0.3 is 0 Å². The van der Waals surface area contributed by atoms with Gasteiger partial charge in [0.1, 0.15) is 5.75 Å². The maximum absolute atomic E-state index is 12.5. The molecule has 1 aromatic heterocycles. The van der Waals surface area contributed by atoms with E-state index in [2.05, 4.69) is 15.6 Å². The van der Waals surface area contributed by atoms with E-state index in [4.69, 9.17) is 0 Å². The summed E-state index contributed by atoms with van der Waals surface area (Å²) in [5.74, 6) is -0.897. The minimum Gasteiger partial charge on any atom is -0.507 e. The smallest absolute Gasteiger partial charge is 0.292 e. The molecule has 0 unspecified atom stereocenters. The molecule has 28 heavy (non-hydrogen) atoms. The van der Waals surface area contributed by atoms with E-state index in [1.165, 1.54) is 4.68 Å². The van der Waals surface area contributed by atoms with Gasteiger partial charge in [-0.3, -0.25) is 19.7 Å². The molecule has 0 aliphatic heterocycles. The molecule has 0 fully saturated rings. The number of aromatic hydroxyl groups is 1. The minimum atomic E-state index is -0.667. The van der Waals surface area contributed by atoms with Gasteiger partial charge in [0.15, 0.2) is 5.69 Å². The molecule has 0 aliphatic carbocycles. The van der Waals surface area contributed by atoms with E-state index >= 15 is 0 Å². The molecule has 0 saturated heterocycles. The summed E-state index contributed by atoms with van der Waals surface area (Å²) in [7, 11) is 0. The van der Waals surface area contributed by atoms with Gasteiger partial charge in [0, 0.05) is 29.6 Å². The van der Waals surface area contributed by atoms with Crippen LogP contribution in [0.25, 0.3) is 10.8 Å². The topological polar surface area (TPSA) is 140 Å². The summed E-state index contributed by atoms with van der Waals surface area (Å²) in [6.07, 6.45) is 1.08. The first-order valence-corrected chi connectivity index (χ1v) is 8.23. The number of amides is 1. The summed E-state index contributed by atoms with van der Waals surface area (Å²) in [5.41, 5.74) is 1.80. The predicted molar refractivity (Wildman–Crippen MR) is 101 cm³/mol. The number of nitrogens with zero attached hydrogens (tertiary/aromatic N) is 4. The monoisotopic (exact) mass is 381 g/mol. The zero-order valence-electron chi connectivity index (χ0n) is 14.7. The van der Waals surface area contributed by atoms with Crippen molar-refractivity contribution in [2.75, 3.05) is 0 Å². The largest absolute Gasteiger partial charge is 0.507 e. The van der Waals surface area contributed by atoms with Crippen molar-refractivity contribution in [3.63, 3.8) is 0 Å². The molecular weight excluding hydrogens is 366 g/mol. The molecule has 0 bridgehead atoms. The van der Waals surface area contributed by atoms with Crippen molar-refractivity contribution in [3.8, 4) is 5.75 Å². The molecule has 0 radical (unpaired) electrons. The Hall–Kier alpha value is -4.08. The molecule has 0 spiro atoms. The standard InChI is InChI=1S/C18H15N5O5/c1-2-22-18(26)14-6-4-3-5-13(14)16(21-22)17(25)20-19-10-11-9-12(23(27)28)7-8-15(11)24/h3-10,24H,2H2,1H3,(H,20,25)/b19-10-. The Bertz CT molecular complexity index is 1170. The Balaban J connectivity index is 1.91. The van der Waals surface area contributed by atoms with E-state index in [-0.39, 0.29) is 34.8 Å². The highest BCUT2D eigenvalue weighted by molar-refractivity contribution is 6.05. The van der Waals surface area contributed by atoms with E-state index in [1.54, 1.807) is 31.2 Å². The van der Waals surface area contributed by atoms with Crippen molar-refractivity contribution in [3.05, 3.63) is 74.2 Å². The van der Waals surface area contributed by atoms with Crippen LogP contribution in [0.4, 0.5) is 5.69 Å². The normalized spacial score (nSPS) is 11.0. The molecule has 0 atom stereocenters. The van der Waals surface area contributed by atoms with Crippen LogP contribution in [0.2, 0.25) is 0 Å². The summed E-state index contributed by atoms with van der Waals surface area (Å²) < 4.78 is 1.17. The number of phenolic OH excluding ortho intramolecular Hbond substituents is 1. The van der Waals surface area contributed by atoms with Crippen LogP contribution in [-0.4, -0.2) is 31.9 Å². The van der Waals surface area contributed by atoms with Gasteiger partial charge in [-0.1, -0.05) is 18.2 Å². The van der Waals surface area contributed by atoms with Crippen molar-refractivity contribution in [2.45, 2.75) is 13.5 Å². The van der Waals surface area contributed by atoms with Gasteiger partial charge in [-0.2, -0.15) is 10.2 Å². The molecule has 10 heteroatoms. The second kappa shape index (κ2) is 7.66. The van der Waals surface area contributed by atoms with Crippen molar-refractivity contribution in [1.82, 2.24) is 15.2 Å². The third kappa shape index (κ3) is 3.56. The molecular formula is C18H15N5O5. The number of nitro groups is 1. The molecule has 1 heterocycles. The molecule has 0 aliphatic rings. The first kappa shape index (κ1) is 18.7. The number of nitrogens with one attached hydrogen (secondary N) is 1. The van der Waals surface area contributed by atoms with Crippen LogP contribution < -0.4 is 11.0 Å². The number of carbonyl (C=O) groups is 1. The minimum absolute atomic E-state index is 0.0115. The van der Waals surface area contributed by atoms with Crippen LogP contribution in [0.15, 0.2) is 52.4 Å². The van der Waals surface area contributed by atoms with Crippen LogP contribution in [0.3, 0.4) is 0 Å². The van der Waals surface area contributed by atoms with E-state index < -0.39 is 10.8 Å². The van der Waals surface area contributed by atoms with Gasteiger partial charge in [0.05, 0.1) is 16.5 Å². The average Bonchev–Trinajstić information content (AvgIpc) is 2.69. The molecule has 10 nitrogen and oxygen atoms in total. The fraction of sp³-hybridized carbons (Fsp3) is 0.111. The van der Waals surface area contributed by atoms with Crippen molar-refractivity contribution >= 4 is 28.6 Å². The number of rotatable bonds is 5. The number of benzene rings is 2. The quantitative estimate of drug-likeness (QED) is 0.392. The van der Waals surface area contributed by atoms with E-state index in [0.29, 0.717) is 10.8 Å². The fourth-order valence-corrected chi connectivity index (χ4v) is 2.59. The lowest BCUT2D eigenvalue weighted by Gasteiger charge is -2.08. The van der Waals surface area contributed by atoms with Crippen LogP contribution in [0.1, 0.15) is 23.0 Å². The van der Waals surface area contributed by atoms with Crippen LogP contribution in [-0.2, 0) is 6.54 Å². The second-order valence-corrected chi connectivity index (χ2v) is 5.71. The highest BCUT2D eigenvalue weighted by atomic mass is 16.6. The summed E-state index contributed by atoms with van der Waals surface area (Å²) >= 11 is 0. The lowest BCUT2D eigenvalue weighted by molar-refractivity contribution is -0.384. The Morgan fingerprint density at radius 2 is 2.04 bits per heavy atom. The number of hydrogen-bond acceptors (Lipinski definition) is 7. The highest BCUT2D eigenvalue weighted by Crippen LogP contribution is 2.21. The predicted octanol–water partition coefficient (Wildman–Crippen LogP) is 1.79. The Labute approximate surface area is 157 Å². The first-order valence-electron chi connectivity index (χ1n) is 8.23. The van der Waals surface area contributed by atoms with Crippen LogP contribution in [0, 0.1) is 10.1 Å². The number of hydrazone groups is 1. The first-order chi connectivity index (χ1) is 13.4. The summed E-state index contributed by atoms with van der Waals surface area (Å²) in [6.45, 7) is 2.02. The number of hydrogen-bond donors (Lipinski definition) is 2. The molecule has 2 aromatic carbocycles. The third-order valence-electron chi connectivity index (χ3n) is 3.97. The van der Waals surface area contributed by atoms with E-state index in [0.717, 1.165) is 24.4 Å². The average molecular weight is 381 g/mol. The summed E-state index contributed by atoms with van der Waals surface area (Å²) in [5, 5.41) is 29.1. The van der Waals surface area contributed by atoms with Crippen LogP contribution in [0.5, 0.6) is 5.75 Å². The third-order valence-corrected chi connectivity index (χ3v) is 3.97. The van der Waals surface area contributed by atoms with E-state index in [9.17, 15) is 24.8 Å². The molecule has 0 saturated carbocycles. The lowest BCUT2D eigenvalue weighted by Crippen LogP contribution is -2.28. The lowest BCUT2D eigenvalue weighted by atomic mass is 10.1. The Kier molecular flexibility index (Phi) is 5.12. The van der Waals surface area contributed by atoms with Gasteiger partial charge in [-0.05, 0) is 19.1 Å². The van der Waals surface area contributed by atoms with Gasteiger partial charge in [-0.25, -0.2) is 10.1 Å². The number of non-ortho nitro benzene ring substituents is 1. The fourth-order valence-electron chi connectivity index (χ4n) is 2.59. The Morgan fingerprint density at radius 1 is 1.32 bits per heavy atom. The van der Waals surface area contributed by atoms with Crippen molar-refractivity contribution < 1.29 is 14.8 Å². The maximum Gasteiger partial charge on any atom is 0.292 e. The molecule has 3 aromatic rings. The van der Waals surface area contributed by atoms with Crippen molar-refractivity contribution in [2.24, 2.45) is 5.10 Å². The second-order valence-electron chi connectivity index (χ2n) is 5.71. The van der Waals surface area contributed by atoms with Gasteiger partial charge < -0.3 is 5.11 Å². The number of phenols is 1. The zero-order valence-corrected chi connectivity index (χ0v) is 14.7. The molecule has 2 N–H and O–H groups in total. The van der Waals surface area contributed by atoms with Gasteiger partial charge in [0.2, 0.25) is 0 Å². The number of nitro benzene ring substituents is 1. The molecule has 3 rings (SSSR count). The van der Waals surface area contributed by atoms with Crippen molar-refractivity contribution in [1.29, 1.82) is 0 Å². The number of carbonyl (C=O) groups excluding carboxylic acids is 1. The maximum atomic E-state index is 12.5. The summed E-state index contributed by atoms with van der Waals surface area (Å²) in [6, 6.07) is 10.0. The summed E-state index contributed by atoms with van der Waals surface area (Å²) in [4.78, 5) is 35.0. The Morgan fingerprint density at radius 3 is 2.71 bits per heavy atom. The SMILES string of the molecule is CCn1nc(C(=O)N/N=C\c2cc([N+](=O)[O-])ccc2O)c2ccccc2c1=O. The number of fused-ring (bicyclic) bond motifs is 1. The van der Waals surface area contributed by atoms with Gasteiger partial charge in [0.25, 0.3) is 17.2 Å². The molecule has 1 amide bonds.